The predicted octanol–water partition coefficient (Wildman–Crippen LogP) is 5.92. The average Bonchev–Trinajstić information content (AvgIpc) is 3.19. The van der Waals surface area contributed by atoms with Crippen LogP contribution >= 0.6 is 0 Å². The highest BCUT2D eigenvalue weighted by atomic mass is 19.3. The van der Waals surface area contributed by atoms with Crippen molar-refractivity contribution in [3.8, 4) is 11.1 Å². The summed E-state index contributed by atoms with van der Waals surface area (Å²) in [5, 5.41) is 4.20. The topological polar surface area (TPSA) is 70.9 Å². The molecule has 4 rings (SSSR count). The van der Waals surface area contributed by atoms with Crippen molar-refractivity contribution in [1.82, 2.24) is 4.98 Å². The summed E-state index contributed by atoms with van der Waals surface area (Å²) >= 11 is 0. The molecular formula is C23H19F2N3O. The number of nitrogens with two attached hydrogens (primary N) is 1. The Balaban J connectivity index is 1.74. The number of carbonyl (C=O) groups excluding carboxylic acids is 1. The van der Waals surface area contributed by atoms with Gasteiger partial charge in [-0.3, -0.25) is 4.79 Å². The number of rotatable bonds is 5. The third-order valence-electron chi connectivity index (χ3n) is 5.05. The molecule has 6 heteroatoms. The smallest absolute Gasteiger partial charge is 0.263 e. The van der Waals surface area contributed by atoms with Crippen LogP contribution in [0.3, 0.4) is 0 Å². The first-order valence-corrected chi connectivity index (χ1v) is 9.10. The Bertz CT molecular complexity index is 1200. The molecule has 0 aliphatic rings. The number of carbonyl (C=O) groups is 1. The molecule has 0 radical (unpaired) electrons. The summed E-state index contributed by atoms with van der Waals surface area (Å²) in [6.45, 7) is 1.99. The van der Waals surface area contributed by atoms with Crippen molar-refractivity contribution in [1.29, 1.82) is 0 Å². The first-order valence-electron chi connectivity index (χ1n) is 9.10. The summed E-state index contributed by atoms with van der Waals surface area (Å²) in [6, 6.07) is 17.5. The van der Waals surface area contributed by atoms with E-state index in [2.05, 4.69) is 10.3 Å². The van der Waals surface area contributed by atoms with Crippen LogP contribution in [0.2, 0.25) is 0 Å². The molecule has 1 aromatic heterocycles. The van der Waals surface area contributed by atoms with E-state index in [-0.39, 0.29) is 5.56 Å². The second kappa shape index (κ2) is 7.39. The van der Waals surface area contributed by atoms with Gasteiger partial charge in [0.25, 0.3) is 12.3 Å². The van der Waals surface area contributed by atoms with Crippen molar-refractivity contribution in [2.75, 3.05) is 5.32 Å². The Morgan fingerprint density at radius 3 is 2.45 bits per heavy atom. The fourth-order valence-corrected chi connectivity index (χ4v) is 3.53. The van der Waals surface area contributed by atoms with E-state index >= 15 is 0 Å². The molecular weight excluding hydrogens is 372 g/mol. The summed E-state index contributed by atoms with van der Waals surface area (Å²) in [6.07, 6.45) is -0.705. The van der Waals surface area contributed by atoms with Crippen LogP contribution in [0.5, 0.6) is 0 Å². The van der Waals surface area contributed by atoms with E-state index in [1.54, 1.807) is 24.4 Å². The molecule has 146 valence electrons. The van der Waals surface area contributed by atoms with Crippen molar-refractivity contribution in [3.63, 3.8) is 0 Å². The van der Waals surface area contributed by atoms with Gasteiger partial charge in [-0.15, -0.1) is 0 Å². The fourth-order valence-electron chi connectivity index (χ4n) is 3.53. The molecule has 0 aliphatic carbocycles. The summed E-state index contributed by atoms with van der Waals surface area (Å²) in [4.78, 5) is 14.8. The number of aromatic nitrogens is 1. The van der Waals surface area contributed by atoms with E-state index in [0.29, 0.717) is 11.1 Å². The molecule has 0 unspecified atom stereocenters. The number of benzene rings is 3. The van der Waals surface area contributed by atoms with Gasteiger partial charge in [-0.1, -0.05) is 30.3 Å². The standard InChI is InChI=1S/C23H19F2N3O/c1-13-16(17-9-10-19(23(26)29)21-18(17)11-12-27-21)3-2-4-20(13)28-15-7-5-14(6-8-15)22(24)25/h2-12,22,27-28H,1H3,(H2,26,29). The quantitative estimate of drug-likeness (QED) is 0.395. The number of aromatic amines is 1. The Labute approximate surface area is 166 Å². The average molecular weight is 391 g/mol. The van der Waals surface area contributed by atoms with Gasteiger partial charge in [0.2, 0.25) is 0 Å². The zero-order valence-electron chi connectivity index (χ0n) is 15.7. The maximum absolute atomic E-state index is 12.8. The largest absolute Gasteiger partial charge is 0.366 e. The predicted molar refractivity (Wildman–Crippen MR) is 112 cm³/mol. The van der Waals surface area contributed by atoms with Crippen LogP contribution in [0.15, 0.2) is 66.9 Å². The Morgan fingerprint density at radius 1 is 1.00 bits per heavy atom. The fraction of sp³-hybridized carbons (Fsp3) is 0.0870. The molecule has 4 aromatic rings. The molecule has 0 saturated carbocycles. The van der Waals surface area contributed by atoms with Crippen LogP contribution in [0.4, 0.5) is 20.2 Å². The number of anilines is 2. The van der Waals surface area contributed by atoms with Gasteiger partial charge in [0.15, 0.2) is 0 Å². The zero-order valence-corrected chi connectivity index (χ0v) is 15.7. The molecule has 0 saturated heterocycles. The Morgan fingerprint density at radius 2 is 1.76 bits per heavy atom. The van der Waals surface area contributed by atoms with E-state index in [0.717, 1.165) is 33.5 Å². The first kappa shape index (κ1) is 18.7. The number of amides is 1. The molecule has 4 N–H and O–H groups in total. The number of halogens is 2. The van der Waals surface area contributed by atoms with Crippen molar-refractivity contribution in [2.24, 2.45) is 5.73 Å². The zero-order chi connectivity index (χ0) is 20.5. The maximum Gasteiger partial charge on any atom is 0.263 e. The Kier molecular flexibility index (Phi) is 4.76. The molecule has 4 nitrogen and oxygen atoms in total. The lowest BCUT2D eigenvalue weighted by molar-refractivity contribution is 0.100. The van der Waals surface area contributed by atoms with Gasteiger partial charge in [-0.2, -0.15) is 0 Å². The lowest BCUT2D eigenvalue weighted by Crippen LogP contribution is -2.11. The molecule has 0 atom stereocenters. The third kappa shape index (κ3) is 3.45. The number of nitrogens with one attached hydrogen (secondary N) is 2. The lowest BCUT2D eigenvalue weighted by Gasteiger charge is -2.15. The minimum absolute atomic E-state index is 0.00888. The maximum atomic E-state index is 12.8. The highest BCUT2D eigenvalue weighted by Crippen LogP contribution is 2.35. The molecule has 0 spiro atoms. The minimum Gasteiger partial charge on any atom is -0.366 e. The number of alkyl halides is 2. The van der Waals surface area contributed by atoms with Gasteiger partial charge in [-0.25, -0.2) is 8.78 Å². The summed E-state index contributed by atoms with van der Waals surface area (Å²) in [5.74, 6) is -0.483. The van der Waals surface area contributed by atoms with Gasteiger partial charge in [0.05, 0.1) is 11.1 Å². The van der Waals surface area contributed by atoms with Crippen LogP contribution in [-0.2, 0) is 0 Å². The number of hydrogen-bond donors (Lipinski definition) is 3. The summed E-state index contributed by atoms with van der Waals surface area (Å²) < 4.78 is 25.5. The van der Waals surface area contributed by atoms with E-state index in [1.807, 2.05) is 37.3 Å². The number of hydrogen-bond acceptors (Lipinski definition) is 2. The molecule has 29 heavy (non-hydrogen) atoms. The van der Waals surface area contributed by atoms with Crippen LogP contribution in [0.25, 0.3) is 22.0 Å². The van der Waals surface area contributed by atoms with Crippen molar-refractivity contribution in [2.45, 2.75) is 13.3 Å². The second-order valence-electron chi connectivity index (χ2n) is 6.82. The van der Waals surface area contributed by atoms with E-state index in [1.165, 1.54) is 12.1 Å². The van der Waals surface area contributed by atoms with E-state index in [4.69, 9.17) is 5.73 Å². The molecule has 0 bridgehead atoms. The van der Waals surface area contributed by atoms with Crippen LogP contribution in [-0.4, -0.2) is 10.9 Å². The molecule has 0 fully saturated rings. The SMILES string of the molecule is Cc1c(Nc2ccc(C(F)F)cc2)cccc1-c1ccc(C(N)=O)c2[nH]ccc12. The Hall–Kier alpha value is -3.67. The molecule has 1 heterocycles. The van der Waals surface area contributed by atoms with E-state index < -0.39 is 12.3 Å². The van der Waals surface area contributed by atoms with Crippen molar-refractivity contribution < 1.29 is 13.6 Å². The van der Waals surface area contributed by atoms with Gasteiger partial charge in [0.1, 0.15) is 0 Å². The van der Waals surface area contributed by atoms with Gasteiger partial charge >= 0.3 is 0 Å². The molecule has 3 aromatic carbocycles. The normalized spacial score (nSPS) is 11.2. The van der Waals surface area contributed by atoms with Crippen LogP contribution < -0.4 is 11.1 Å². The third-order valence-corrected chi connectivity index (χ3v) is 5.05. The molecule has 0 aliphatic heterocycles. The highest BCUT2D eigenvalue weighted by molar-refractivity contribution is 6.09. The number of primary amides is 1. The molecule has 1 amide bonds. The lowest BCUT2D eigenvalue weighted by atomic mass is 9.94. The highest BCUT2D eigenvalue weighted by Gasteiger charge is 2.15. The van der Waals surface area contributed by atoms with Crippen molar-refractivity contribution >= 4 is 28.2 Å². The van der Waals surface area contributed by atoms with Gasteiger partial charge in [0, 0.05) is 28.5 Å². The second-order valence-corrected chi connectivity index (χ2v) is 6.82. The minimum atomic E-state index is -2.48. The number of fused-ring (bicyclic) bond motifs is 1. The van der Waals surface area contributed by atoms with Crippen LogP contribution in [0, 0.1) is 6.92 Å². The van der Waals surface area contributed by atoms with Crippen LogP contribution in [0.1, 0.15) is 27.9 Å². The summed E-state index contributed by atoms with van der Waals surface area (Å²) in [7, 11) is 0. The van der Waals surface area contributed by atoms with Gasteiger partial charge < -0.3 is 16.0 Å². The van der Waals surface area contributed by atoms with E-state index in [9.17, 15) is 13.6 Å². The monoisotopic (exact) mass is 391 g/mol. The number of H-pyrrole nitrogens is 1. The first-order chi connectivity index (χ1) is 14.0. The van der Waals surface area contributed by atoms with Gasteiger partial charge in [-0.05, 0) is 53.9 Å². The summed E-state index contributed by atoms with van der Waals surface area (Å²) in [5.41, 5.74) is 11.2. The van der Waals surface area contributed by atoms with Crippen molar-refractivity contribution in [3.05, 3.63) is 83.6 Å².